The van der Waals surface area contributed by atoms with Crippen molar-refractivity contribution in [2.75, 3.05) is 13.7 Å². The molecule has 0 radical (unpaired) electrons. The first-order chi connectivity index (χ1) is 20.0. The zero-order valence-electron chi connectivity index (χ0n) is 22.5. The molecule has 0 aliphatic carbocycles. The third-order valence-corrected chi connectivity index (χ3v) is 7.42. The Kier molecular flexibility index (Phi) is 8.71. The summed E-state index contributed by atoms with van der Waals surface area (Å²) in [5, 5.41) is 72.2. The molecule has 0 saturated carbocycles. The molecule has 0 amide bonds. The Bertz CT molecular complexity index is 1440. The number of ether oxygens (including phenoxy) is 5. The van der Waals surface area contributed by atoms with Gasteiger partial charge in [0.15, 0.2) is 17.6 Å². The quantitative estimate of drug-likeness (QED) is 0.179. The fourth-order valence-electron chi connectivity index (χ4n) is 4.85. The highest BCUT2D eigenvalue weighted by Gasteiger charge is 2.47. The monoisotopic (exact) mass is 592 g/mol. The van der Waals surface area contributed by atoms with E-state index in [1.165, 1.54) is 32.4 Å². The fraction of sp³-hybridized carbons (Fsp3) is 0.464. The van der Waals surface area contributed by atoms with Gasteiger partial charge in [-0.25, -0.2) is 0 Å². The van der Waals surface area contributed by atoms with Crippen molar-refractivity contribution in [1.29, 1.82) is 0 Å². The first-order valence-electron chi connectivity index (χ1n) is 13.1. The standard InChI is InChI=1S/C28H32O14/c1-11-18(29)22(33)24(35)27(40-11)39-10-17-20(31)23(34)25(36)28(42-17)41-16-8-7-14-19(30)15(9-38-26(14)21(16)32)12-3-5-13(37-2)6-4-12/h3-9,11,17-18,20,22-25,27-29,31-36H,10H2,1-2H3/t11-,17-,18-,20-,22+,23+,24-,25-,27-,28-/m0/s1. The molecule has 5 rings (SSSR count). The number of aromatic hydroxyl groups is 1. The molecule has 2 saturated heterocycles. The molecule has 228 valence electrons. The van der Waals surface area contributed by atoms with E-state index < -0.39 is 79.2 Å². The van der Waals surface area contributed by atoms with E-state index in [0.29, 0.717) is 11.3 Å². The van der Waals surface area contributed by atoms with Gasteiger partial charge in [0.2, 0.25) is 17.5 Å². The van der Waals surface area contributed by atoms with Gasteiger partial charge in [0.1, 0.15) is 54.7 Å². The molecule has 2 aliphatic rings. The second-order valence-corrected chi connectivity index (χ2v) is 10.1. The van der Waals surface area contributed by atoms with Crippen molar-refractivity contribution in [1.82, 2.24) is 0 Å². The van der Waals surface area contributed by atoms with Crippen LogP contribution in [-0.2, 0) is 14.2 Å². The van der Waals surface area contributed by atoms with Gasteiger partial charge in [-0.15, -0.1) is 0 Å². The summed E-state index contributed by atoms with van der Waals surface area (Å²) < 4.78 is 32.7. The van der Waals surface area contributed by atoms with Crippen LogP contribution in [0.3, 0.4) is 0 Å². The van der Waals surface area contributed by atoms with E-state index in [4.69, 9.17) is 28.1 Å². The average Bonchev–Trinajstić information content (AvgIpc) is 2.99. The van der Waals surface area contributed by atoms with E-state index in [1.807, 2.05) is 0 Å². The molecule has 1 aromatic heterocycles. The van der Waals surface area contributed by atoms with Gasteiger partial charge in [-0.3, -0.25) is 4.79 Å². The summed E-state index contributed by atoms with van der Waals surface area (Å²) in [5.74, 6) is -0.224. The van der Waals surface area contributed by atoms with Crippen LogP contribution in [0.1, 0.15) is 6.92 Å². The number of phenols is 1. The van der Waals surface area contributed by atoms with Crippen LogP contribution < -0.4 is 14.9 Å². The Morgan fingerprint density at radius 3 is 2.17 bits per heavy atom. The third kappa shape index (κ3) is 5.56. The third-order valence-electron chi connectivity index (χ3n) is 7.42. The number of benzene rings is 2. The van der Waals surface area contributed by atoms with Crippen molar-refractivity contribution in [3.05, 3.63) is 52.9 Å². The predicted octanol–water partition coefficient (Wildman–Crippen LogP) is -0.795. The number of hydrogen-bond acceptors (Lipinski definition) is 14. The molecule has 7 N–H and O–H groups in total. The molecule has 2 aromatic carbocycles. The maximum atomic E-state index is 13.2. The van der Waals surface area contributed by atoms with Crippen LogP contribution in [0.2, 0.25) is 0 Å². The zero-order valence-corrected chi connectivity index (χ0v) is 22.5. The van der Waals surface area contributed by atoms with Crippen molar-refractivity contribution in [2.45, 2.75) is 68.3 Å². The predicted molar refractivity (Wildman–Crippen MR) is 142 cm³/mol. The van der Waals surface area contributed by atoms with Gasteiger partial charge in [-0.1, -0.05) is 12.1 Å². The number of hydrogen-bond donors (Lipinski definition) is 7. The van der Waals surface area contributed by atoms with E-state index in [2.05, 4.69) is 0 Å². The number of methoxy groups -OCH3 is 1. The Morgan fingerprint density at radius 2 is 1.48 bits per heavy atom. The van der Waals surface area contributed by atoms with Crippen molar-refractivity contribution in [2.24, 2.45) is 0 Å². The molecule has 2 aliphatic heterocycles. The minimum absolute atomic E-state index is 0.0487. The first-order valence-corrected chi connectivity index (χ1v) is 13.1. The fourth-order valence-corrected chi connectivity index (χ4v) is 4.85. The molecular formula is C28H32O14. The summed E-state index contributed by atoms with van der Waals surface area (Å²) in [7, 11) is 1.52. The Morgan fingerprint density at radius 1 is 0.810 bits per heavy atom. The molecular weight excluding hydrogens is 560 g/mol. The number of fused-ring (bicyclic) bond motifs is 1. The molecule has 3 aromatic rings. The van der Waals surface area contributed by atoms with Gasteiger partial charge in [-0.05, 0) is 36.8 Å². The maximum Gasteiger partial charge on any atom is 0.229 e. The van der Waals surface area contributed by atoms with Crippen LogP contribution >= 0.6 is 0 Å². The highest BCUT2D eigenvalue weighted by molar-refractivity contribution is 5.87. The molecule has 0 unspecified atom stereocenters. The highest BCUT2D eigenvalue weighted by Crippen LogP contribution is 2.37. The van der Waals surface area contributed by atoms with Crippen molar-refractivity contribution >= 4 is 11.0 Å². The van der Waals surface area contributed by atoms with Crippen LogP contribution in [0, 0.1) is 0 Å². The molecule has 0 spiro atoms. The number of aliphatic hydroxyl groups excluding tert-OH is 6. The summed E-state index contributed by atoms with van der Waals surface area (Å²) in [6.07, 6.45) is -13.8. The summed E-state index contributed by atoms with van der Waals surface area (Å²) in [6.45, 7) is 0.971. The molecule has 42 heavy (non-hydrogen) atoms. The van der Waals surface area contributed by atoms with Crippen molar-refractivity contribution in [3.63, 3.8) is 0 Å². The number of aliphatic hydroxyl groups is 6. The van der Waals surface area contributed by atoms with E-state index in [-0.39, 0.29) is 22.3 Å². The molecule has 14 nitrogen and oxygen atoms in total. The highest BCUT2D eigenvalue weighted by atomic mass is 16.7. The molecule has 14 heteroatoms. The molecule has 10 atom stereocenters. The minimum Gasteiger partial charge on any atom is -0.502 e. The first kappa shape index (κ1) is 30.2. The maximum absolute atomic E-state index is 13.2. The van der Waals surface area contributed by atoms with Gasteiger partial charge in [0.25, 0.3) is 0 Å². The second-order valence-electron chi connectivity index (χ2n) is 10.1. The van der Waals surface area contributed by atoms with E-state index in [0.717, 1.165) is 0 Å². The average molecular weight is 593 g/mol. The van der Waals surface area contributed by atoms with E-state index in [9.17, 15) is 40.5 Å². The Balaban J connectivity index is 1.33. The largest absolute Gasteiger partial charge is 0.502 e. The summed E-state index contributed by atoms with van der Waals surface area (Å²) >= 11 is 0. The zero-order chi connectivity index (χ0) is 30.3. The van der Waals surface area contributed by atoms with Gasteiger partial charge >= 0.3 is 0 Å². The minimum atomic E-state index is -1.77. The second kappa shape index (κ2) is 12.1. The van der Waals surface area contributed by atoms with Gasteiger partial charge < -0.3 is 63.8 Å². The molecule has 0 bridgehead atoms. The van der Waals surface area contributed by atoms with Gasteiger partial charge in [0, 0.05) is 0 Å². The van der Waals surface area contributed by atoms with Crippen molar-refractivity contribution < 1.29 is 63.8 Å². The lowest BCUT2D eigenvalue weighted by molar-refractivity contribution is -0.318. The van der Waals surface area contributed by atoms with Crippen LogP contribution in [0.25, 0.3) is 22.1 Å². The topological polar surface area (TPSA) is 218 Å². The lowest BCUT2D eigenvalue weighted by atomic mass is 9.98. The number of phenolic OH excluding ortho intramolecular Hbond substituents is 1. The van der Waals surface area contributed by atoms with Gasteiger partial charge in [0.05, 0.1) is 30.8 Å². The van der Waals surface area contributed by atoms with E-state index >= 15 is 0 Å². The molecule has 3 heterocycles. The molecule has 2 fully saturated rings. The Hall–Kier alpha value is -3.31. The smallest absolute Gasteiger partial charge is 0.229 e. The summed E-state index contributed by atoms with van der Waals surface area (Å²) in [6, 6.07) is 9.35. The van der Waals surface area contributed by atoms with E-state index in [1.54, 1.807) is 24.3 Å². The lowest BCUT2D eigenvalue weighted by Crippen LogP contribution is -2.61. The summed E-state index contributed by atoms with van der Waals surface area (Å²) in [5.41, 5.74) is 0.190. The lowest BCUT2D eigenvalue weighted by Gasteiger charge is -2.42. The van der Waals surface area contributed by atoms with Crippen LogP contribution in [0.4, 0.5) is 0 Å². The van der Waals surface area contributed by atoms with Gasteiger partial charge in [-0.2, -0.15) is 0 Å². The van der Waals surface area contributed by atoms with Crippen LogP contribution in [0.15, 0.2) is 51.9 Å². The normalized spacial score (nSPS) is 33.4. The van der Waals surface area contributed by atoms with Crippen LogP contribution in [-0.4, -0.2) is 111 Å². The van der Waals surface area contributed by atoms with Crippen molar-refractivity contribution in [3.8, 4) is 28.4 Å². The Labute approximate surface area is 238 Å². The summed E-state index contributed by atoms with van der Waals surface area (Å²) in [4.78, 5) is 13.2. The number of rotatable bonds is 7. The SMILES string of the molecule is COc1ccc(-c2coc3c(O)c(O[C@H]4O[C@@H](CO[C@H]5O[C@@H](C)[C@H](O)[C@@H](O)[C@@H]5O)[C@H](O)[C@@H](O)[C@@H]4O)ccc3c2=O)cc1. The van der Waals surface area contributed by atoms with Crippen LogP contribution in [0.5, 0.6) is 17.2 Å².